The normalized spacial score (nSPS) is 18.8. The van der Waals surface area contributed by atoms with Crippen molar-refractivity contribution in [2.45, 2.75) is 32.2 Å². The van der Waals surface area contributed by atoms with E-state index in [4.69, 9.17) is 4.74 Å². The van der Waals surface area contributed by atoms with Crippen LogP contribution >= 0.6 is 22.6 Å². The maximum atomic E-state index is 5.49. The number of benzene rings is 1. The Morgan fingerprint density at radius 3 is 2.72 bits per heavy atom. The Bertz CT molecular complexity index is 363. The molecule has 0 amide bonds. The van der Waals surface area contributed by atoms with E-state index >= 15 is 0 Å². The minimum Gasteiger partial charge on any atom is -0.381 e. The van der Waals surface area contributed by atoms with E-state index in [0.717, 1.165) is 19.8 Å². The standard InChI is InChI=1S/C15H22INO/c1-2-9-17-15(12-7-10-18-11-8-12)13-5-3-4-6-14(13)16/h3-6,12,15,17H,2,7-11H2,1H3. The first-order valence-corrected chi connectivity index (χ1v) is 7.96. The summed E-state index contributed by atoms with van der Waals surface area (Å²) in [5.74, 6) is 0.709. The van der Waals surface area contributed by atoms with Gasteiger partial charge in [-0.05, 0) is 65.9 Å². The van der Waals surface area contributed by atoms with Crippen molar-refractivity contribution >= 4 is 22.6 Å². The average Bonchev–Trinajstić information content (AvgIpc) is 2.42. The van der Waals surface area contributed by atoms with Gasteiger partial charge in [-0.2, -0.15) is 0 Å². The lowest BCUT2D eigenvalue weighted by Gasteiger charge is -2.32. The van der Waals surface area contributed by atoms with Gasteiger partial charge in [0.25, 0.3) is 0 Å². The summed E-state index contributed by atoms with van der Waals surface area (Å²) in [6, 6.07) is 9.23. The number of hydrogen-bond donors (Lipinski definition) is 1. The maximum absolute atomic E-state index is 5.49. The van der Waals surface area contributed by atoms with Gasteiger partial charge in [-0.15, -0.1) is 0 Å². The topological polar surface area (TPSA) is 21.3 Å². The van der Waals surface area contributed by atoms with Gasteiger partial charge in [-0.1, -0.05) is 25.1 Å². The van der Waals surface area contributed by atoms with Gasteiger partial charge in [0.2, 0.25) is 0 Å². The van der Waals surface area contributed by atoms with Crippen LogP contribution in [-0.4, -0.2) is 19.8 Å². The molecule has 0 saturated carbocycles. The fourth-order valence-corrected chi connectivity index (χ4v) is 3.33. The maximum Gasteiger partial charge on any atom is 0.0469 e. The van der Waals surface area contributed by atoms with Crippen LogP contribution in [0.2, 0.25) is 0 Å². The third kappa shape index (κ3) is 3.68. The highest BCUT2D eigenvalue weighted by Crippen LogP contribution is 2.32. The highest BCUT2D eigenvalue weighted by Gasteiger charge is 2.25. The molecule has 1 heterocycles. The second-order valence-electron chi connectivity index (χ2n) is 4.90. The predicted octanol–water partition coefficient (Wildman–Crippen LogP) is 3.76. The molecule has 3 heteroatoms. The van der Waals surface area contributed by atoms with E-state index in [0.29, 0.717) is 12.0 Å². The molecule has 100 valence electrons. The lowest BCUT2D eigenvalue weighted by atomic mass is 9.87. The summed E-state index contributed by atoms with van der Waals surface area (Å²) in [4.78, 5) is 0. The molecule has 0 aromatic heterocycles. The average molecular weight is 359 g/mol. The first kappa shape index (κ1) is 14.3. The molecule has 0 bridgehead atoms. The Morgan fingerprint density at radius 1 is 1.33 bits per heavy atom. The number of halogens is 1. The summed E-state index contributed by atoms with van der Waals surface area (Å²) in [5, 5.41) is 3.74. The zero-order valence-corrected chi connectivity index (χ0v) is 13.2. The highest BCUT2D eigenvalue weighted by molar-refractivity contribution is 14.1. The Kier molecular flexibility index (Phi) is 5.92. The van der Waals surface area contributed by atoms with E-state index in [9.17, 15) is 0 Å². The molecular formula is C15H22INO. The third-order valence-electron chi connectivity index (χ3n) is 3.59. The Morgan fingerprint density at radius 2 is 2.06 bits per heavy atom. The molecule has 2 rings (SSSR count). The third-order valence-corrected chi connectivity index (χ3v) is 4.57. The summed E-state index contributed by atoms with van der Waals surface area (Å²) in [6.07, 6.45) is 3.53. The van der Waals surface area contributed by atoms with Crippen LogP contribution in [0.15, 0.2) is 24.3 Å². The summed E-state index contributed by atoms with van der Waals surface area (Å²) < 4.78 is 6.86. The number of rotatable bonds is 5. The summed E-state index contributed by atoms with van der Waals surface area (Å²) in [5.41, 5.74) is 1.46. The molecule has 0 radical (unpaired) electrons. The molecule has 2 nitrogen and oxygen atoms in total. The molecule has 0 aliphatic carbocycles. The predicted molar refractivity (Wildman–Crippen MR) is 83.7 cm³/mol. The SMILES string of the molecule is CCCNC(c1ccccc1I)C1CCOCC1. The zero-order chi connectivity index (χ0) is 12.8. The van der Waals surface area contributed by atoms with Crippen molar-refractivity contribution in [3.63, 3.8) is 0 Å². The number of nitrogens with one attached hydrogen (secondary N) is 1. The van der Waals surface area contributed by atoms with Crippen molar-refractivity contribution < 1.29 is 4.74 Å². The molecule has 0 spiro atoms. The molecule has 1 N–H and O–H groups in total. The van der Waals surface area contributed by atoms with Crippen molar-refractivity contribution in [3.05, 3.63) is 33.4 Å². The highest BCUT2D eigenvalue weighted by atomic mass is 127. The van der Waals surface area contributed by atoms with Crippen LogP contribution in [0.4, 0.5) is 0 Å². The van der Waals surface area contributed by atoms with Crippen molar-refractivity contribution in [3.8, 4) is 0 Å². The van der Waals surface area contributed by atoms with E-state index in [1.165, 1.54) is 28.4 Å². The van der Waals surface area contributed by atoms with E-state index in [-0.39, 0.29) is 0 Å². The minimum absolute atomic E-state index is 0.488. The lowest BCUT2D eigenvalue weighted by Crippen LogP contribution is -2.33. The molecule has 1 aliphatic heterocycles. The smallest absolute Gasteiger partial charge is 0.0469 e. The van der Waals surface area contributed by atoms with Crippen molar-refractivity contribution in [1.82, 2.24) is 5.32 Å². The zero-order valence-electron chi connectivity index (χ0n) is 11.0. The van der Waals surface area contributed by atoms with Gasteiger partial charge in [0.1, 0.15) is 0 Å². The fraction of sp³-hybridized carbons (Fsp3) is 0.600. The Labute approximate surface area is 124 Å². The first-order valence-electron chi connectivity index (χ1n) is 6.88. The van der Waals surface area contributed by atoms with Gasteiger partial charge in [0, 0.05) is 22.8 Å². The molecule has 1 saturated heterocycles. The summed E-state index contributed by atoms with van der Waals surface area (Å²) >= 11 is 2.45. The van der Waals surface area contributed by atoms with Crippen LogP contribution in [-0.2, 0) is 4.74 Å². The Hall–Kier alpha value is -0.130. The fourth-order valence-electron chi connectivity index (χ4n) is 2.61. The van der Waals surface area contributed by atoms with Crippen LogP contribution in [0.25, 0.3) is 0 Å². The molecule has 1 aliphatic rings. The molecule has 18 heavy (non-hydrogen) atoms. The molecule has 1 unspecified atom stereocenters. The first-order chi connectivity index (χ1) is 8.83. The van der Waals surface area contributed by atoms with Crippen molar-refractivity contribution in [2.75, 3.05) is 19.8 Å². The van der Waals surface area contributed by atoms with E-state index in [1.54, 1.807) is 0 Å². The minimum atomic E-state index is 0.488. The molecule has 1 atom stereocenters. The van der Waals surface area contributed by atoms with Crippen LogP contribution in [0, 0.1) is 9.49 Å². The van der Waals surface area contributed by atoms with Gasteiger partial charge in [-0.3, -0.25) is 0 Å². The van der Waals surface area contributed by atoms with E-state index in [1.807, 2.05) is 0 Å². The van der Waals surface area contributed by atoms with Gasteiger partial charge < -0.3 is 10.1 Å². The van der Waals surface area contributed by atoms with Gasteiger partial charge in [0.05, 0.1) is 0 Å². The molecule has 1 aromatic carbocycles. The van der Waals surface area contributed by atoms with E-state index < -0.39 is 0 Å². The van der Waals surface area contributed by atoms with Gasteiger partial charge >= 0.3 is 0 Å². The summed E-state index contributed by atoms with van der Waals surface area (Å²) in [7, 11) is 0. The monoisotopic (exact) mass is 359 g/mol. The van der Waals surface area contributed by atoms with Gasteiger partial charge in [-0.25, -0.2) is 0 Å². The summed E-state index contributed by atoms with van der Waals surface area (Å²) in [6.45, 7) is 5.15. The molecular weight excluding hydrogens is 337 g/mol. The number of hydrogen-bond acceptors (Lipinski definition) is 2. The second kappa shape index (κ2) is 7.46. The van der Waals surface area contributed by atoms with E-state index in [2.05, 4.69) is 59.1 Å². The van der Waals surface area contributed by atoms with Crippen molar-refractivity contribution in [2.24, 2.45) is 5.92 Å². The number of ether oxygens (including phenoxy) is 1. The quantitative estimate of drug-likeness (QED) is 0.809. The van der Waals surface area contributed by atoms with Crippen LogP contribution in [0.1, 0.15) is 37.8 Å². The van der Waals surface area contributed by atoms with Gasteiger partial charge in [0.15, 0.2) is 0 Å². The van der Waals surface area contributed by atoms with Crippen LogP contribution in [0.5, 0.6) is 0 Å². The van der Waals surface area contributed by atoms with Crippen molar-refractivity contribution in [1.29, 1.82) is 0 Å². The van der Waals surface area contributed by atoms with Crippen LogP contribution < -0.4 is 5.32 Å². The molecule has 1 aromatic rings. The molecule has 1 fully saturated rings. The Balaban J connectivity index is 2.15. The largest absolute Gasteiger partial charge is 0.381 e. The lowest BCUT2D eigenvalue weighted by molar-refractivity contribution is 0.0535. The second-order valence-corrected chi connectivity index (χ2v) is 6.07. The van der Waals surface area contributed by atoms with Crippen LogP contribution in [0.3, 0.4) is 0 Å².